The molecule has 0 bridgehead atoms. The van der Waals surface area contributed by atoms with Crippen molar-refractivity contribution in [1.29, 1.82) is 0 Å². The van der Waals surface area contributed by atoms with Crippen LogP contribution >= 0.6 is 0 Å². The Morgan fingerprint density at radius 3 is 2.86 bits per heavy atom. The van der Waals surface area contributed by atoms with Crippen molar-refractivity contribution in [3.05, 3.63) is 36.2 Å². The SMILES string of the molecule is O=C1OC[C@@H]2CN(Cc3nnc(-c4ccccc4)o3)C[C@H]12. The summed E-state index contributed by atoms with van der Waals surface area (Å²) >= 11 is 0. The van der Waals surface area contributed by atoms with Crippen LogP contribution in [-0.2, 0) is 16.1 Å². The lowest BCUT2D eigenvalue weighted by molar-refractivity contribution is -0.141. The van der Waals surface area contributed by atoms with Gasteiger partial charge in [0, 0.05) is 24.6 Å². The smallest absolute Gasteiger partial charge is 0.310 e. The minimum Gasteiger partial charge on any atom is -0.465 e. The normalized spacial score (nSPS) is 25.0. The van der Waals surface area contributed by atoms with Crippen LogP contribution in [0.2, 0.25) is 0 Å². The van der Waals surface area contributed by atoms with Gasteiger partial charge in [-0.2, -0.15) is 0 Å². The number of fused-ring (bicyclic) bond motifs is 1. The van der Waals surface area contributed by atoms with E-state index in [1.54, 1.807) is 0 Å². The zero-order chi connectivity index (χ0) is 14.2. The number of likely N-dealkylation sites (tertiary alicyclic amines) is 1. The zero-order valence-corrected chi connectivity index (χ0v) is 11.4. The van der Waals surface area contributed by atoms with Gasteiger partial charge in [-0.25, -0.2) is 0 Å². The van der Waals surface area contributed by atoms with Crippen LogP contribution < -0.4 is 0 Å². The first-order chi connectivity index (χ1) is 10.3. The number of aromatic nitrogens is 2. The lowest BCUT2D eigenvalue weighted by Gasteiger charge is -2.13. The molecule has 6 nitrogen and oxygen atoms in total. The van der Waals surface area contributed by atoms with Crippen LogP contribution in [0.25, 0.3) is 11.5 Å². The number of nitrogens with zero attached hydrogens (tertiary/aromatic N) is 3. The minimum atomic E-state index is -0.0713. The molecule has 0 aliphatic carbocycles. The van der Waals surface area contributed by atoms with Gasteiger partial charge in [0.1, 0.15) is 0 Å². The van der Waals surface area contributed by atoms with E-state index in [1.807, 2.05) is 30.3 Å². The molecule has 6 heteroatoms. The van der Waals surface area contributed by atoms with Gasteiger partial charge >= 0.3 is 5.97 Å². The Bertz CT molecular complexity index is 655. The average Bonchev–Trinajstić information content (AvgIpc) is 3.19. The summed E-state index contributed by atoms with van der Waals surface area (Å²) in [6.07, 6.45) is 0. The highest BCUT2D eigenvalue weighted by Gasteiger charge is 2.44. The molecule has 2 aromatic rings. The van der Waals surface area contributed by atoms with Crippen molar-refractivity contribution in [2.75, 3.05) is 19.7 Å². The van der Waals surface area contributed by atoms with E-state index in [0.717, 1.165) is 12.1 Å². The summed E-state index contributed by atoms with van der Waals surface area (Å²) in [6, 6.07) is 9.70. The van der Waals surface area contributed by atoms with Gasteiger partial charge in [-0.05, 0) is 12.1 Å². The number of esters is 1. The zero-order valence-electron chi connectivity index (χ0n) is 11.4. The molecule has 0 amide bonds. The fraction of sp³-hybridized carbons (Fsp3) is 0.400. The van der Waals surface area contributed by atoms with Gasteiger partial charge in [0.15, 0.2) is 0 Å². The summed E-state index contributed by atoms with van der Waals surface area (Å²) in [6.45, 7) is 2.69. The van der Waals surface area contributed by atoms with E-state index < -0.39 is 0 Å². The van der Waals surface area contributed by atoms with Crippen molar-refractivity contribution in [2.24, 2.45) is 11.8 Å². The maximum Gasteiger partial charge on any atom is 0.310 e. The highest BCUT2D eigenvalue weighted by Crippen LogP contribution is 2.31. The number of cyclic esters (lactones) is 1. The summed E-state index contributed by atoms with van der Waals surface area (Å²) in [4.78, 5) is 13.7. The van der Waals surface area contributed by atoms with Gasteiger partial charge in [-0.15, -0.1) is 10.2 Å². The molecule has 108 valence electrons. The Balaban J connectivity index is 1.45. The lowest BCUT2D eigenvalue weighted by atomic mass is 10.0. The molecule has 1 aromatic heterocycles. The van der Waals surface area contributed by atoms with E-state index in [9.17, 15) is 4.79 Å². The molecular weight excluding hydrogens is 270 g/mol. The second-order valence-corrected chi connectivity index (χ2v) is 5.56. The number of hydrogen-bond donors (Lipinski definition) is 0. The number of carbonyl (C=O) groups is 1. The van der Waals surface area contributed by atoms with Crippen molar-refractivity contribution >= 4 is 5.97 Å². The van der Waals surface area contributed by atoms with Gasteiger partial charge in [-0.3, -0.25) is 9.69 Å². The van der Waals surface area contributed by atoms with Crippen LogP contribution in [0.5, 0.6) is 0 Å². The van der Waals surface area contributed by atoms with E-state index in [1.165, 1.54) is 0 Å². The Labute approximate surface area is 121 Å². The van der Waals surface area contributed by atoms with Crippen molar-refractivity contribution in [3.63, 3.8) is 0 Å². The van der Waals surface area contributed by atoms with Crippen LogP contribution in [-0.4, -0.2) is 40.8 Å². The first-order valence-electron chi connectivity index (χ1n) is 7.06. The average molecular weight is 285 g/mol. The van der Waals surface area contributed by atoms with Crippen LogP contribution in [0.15, 0.2) is 34.7 Å². The summed E-state index contributed by atoms with van der Waals surface area (Å²) in [5.74, 6) is 1.38. The topological polar surface area (TPSA) is 68.5 Å². The number of ether oxygens (including phenoxy) is 1. The van der Waals surface area contributed by atoms with Crippen LogP contribution in [0, 0.1) is 11.8 Å². The first kappa shape index (κ1) is 12.5. The summed E-state index contributed by atoms with van der Waals surface area (Å²) in [7, 11) is 0. The predicted octanol–water partition coefficient (Wildman–Crippen LogP) is 1.34. The first-order valence-corrected chi connectivity index (χ1v) is 7.06. The van der Waals surface area contributed by atoms with Crippen molar-refractivity contribution in [3.8, 4) is 11.5 Å². The van der Waals surface area contributed by atoms with Crippen LogP contribution in [0.1, 0.15) is 5.89 Å². The highest BCUT2D eigenvalue weighted by molar-refractivity contribution is 5.75. The van der Waals surface area contributed by atoms with Crippen molar-refractivity contribution in [2.45, 2.75) is 6.54 Å². The van der Waals surface area contributed by atoms with Crippen LogP contribution in [0.4, 0.5) is 0 Å². The molecular formula is C15H15N3O3. The maximum atomic E-state index is 11.5. The second kappa shape index (κ2) is 4.96. The van der Waals surface area contributed by atoms with Gasteiger partial charge in [-0.1, -0.05) is 18.2 Å². The monoisotopic (exact) mass is 285 g/mol. The molecule has 2 aliphatic heterocycles. The fourth-order valence-corrected chi connectivity index (χ4v) is 3.03. The Kier molecular flexibility index (Phi) is 2.96. The third-order valence-electron chi connectivity index (χ3n) is 4.11. The Morgan fingerprint density at radius 2 is 2.05 bits per heavy atom. The molecule has 2 fully saturated rings. The largest absolute Gasteiger partial charge is 0.465 e. The molecule has 2 saturated heterocycles. The number of carbonyl (C=O) groups excluding carboxylic acids is 1. The fourth-order valence-electron chi connectivity index (χ4n) is 3.03. The lowest BCUT2D eigenvalue weighted by Crippen LogP contribution is -2.23. The second-order valence-electron chi connectivity index (χ2n) is 5.56. The Hall–Kier alpha value is -2.21. The molecule has 0 saturated carbocycles. The molecule has 4 rings (SSSR count). The van der Waals surface area contributed by atoms with Gasteiger partial charge in [0.2, 0.25) is 11.8 Å². The molecule has 1 aromatic carbocycles. The van der Waals surface area contributed by atoms with E-state index in [0.29, 0.717) is 37.4 Å². The van der Waals surface area contributed by atoms with E-state index >= 15 is 0 Å². The number of benzene rings is 1. The molecule has 0 radical (unpaired) electrons. The molecule has 2 atom stereocenters. The highest BCUT2D eigenvalue weighted by atomic mass is 16.5. The molecule has 0 spiro atoms. The molecule has 0 N–H and O–H groups in total. The minimum absolute atomic E-state index is 0.0153. The van der Waals surface area contributed by atoms with Crippen LogP contribution in [0.3, 0.4) is 0 Å². The third-order valence-corrected chi connectivity index (χ3v) is 4.11. The Morgan fingerprint density at radius 1 is 1.19 bits per heavy atom. The third kappa shape index (κ3) is 2.31. The number of rotatable bonds is 3. The van der Waals surface area contributed by atoms with Crippen molar-refractivity contribution in [1.82, 2.24) is 15.1 Å². The van der Waals surface area contributed by atoms with E-state index in [4.69, 9.17) is 9.15 Å². The summed E-state index contributed by atoms with van der Waals surface area (Å²) in [5.41, 5.74) is 0.915. The van der Waals surface area contributed by atoms with Gasteiger partial charge in [0.05, 0.1) is 19.1 Å². The molecule has 0 unspecified atom stereocenters. The van der Waals surface area contributed by atoms with E-state index in [-0.39, 0.29) is 11.9 Å². The van der Waals surface area contributed by atoms with E-state index in [2.05, 4.69) is 15.1 Å². The standard InChI is InChI=1S/C15H15N3O3/c19-15-12-7-18(6-11(12)9-20-15)8-13-16-17-14(21-13)10-4-2-1-3-5-10/h1-5,11-12H,6-9H2/t11-,12-/m0/s1. The maximum absolute atomic E-state index is 11.5. The molecule has 2 aliphatic rings. The van der Waals surface area contributed by atoms with Crippen molar-refractivity contribution < 1.29 is 13.9 Å². The molecule has 21 heavy (non-hydrogen) atoms. The quantitative estimate of drug-likeness (QED) is 0.793. The van der Waals surface area contributed by atoms with Gasteiger partial charge in [0.25, 0.3) is 0 Å². The summed E-state index contributed by atoms with van der Waals surface area (Å²) < 4.78 is 10.8. The summed E-state index contributed by atoms with van der Waals surface area (Å²) in [5, 5.41) is 8.18. The molecule has 3 heterocycles. The van der Waals surface area contributed by atoms with Gasteiger partial charge < -0.3 is 9.15 Å². The predicted molar refractivity (Wildman–Crippen MR) is 73.0 cm³/mol. The number of hydrogen-bond acceptors (Lipinski definition) is 6.